The molecular formula is C8H9N3O. The molecule has 0 saturated heterocycles. The Kier molecular flexibility index (Phi) is 1.30. The second-order valence-corrected chi connectivity index (χ2v) is 2.82. The lowest BCUT2D eigenvalue weighted by molar-refractivity contribution is 0.754. The Morgan fingerprint density at radius 3 is 2.92 bits per heavy atom. The summed E-state index contributed by atoms with van der Waals surface area (Å²) in [5, 5.41) is 4.08. The first kappa shape index (κ1) is 7.09. The van der Waals surface area contributed by atoms with Crippen LogP contribution in [-0.4, -0.2) is 14.2 Å². The van der Waals surface area contributed by atoms with Crippen molar-refractivity contribution in [3.05, 3.63) is 34.5 Å². The summed E-state index contributed by atoms with van der Waals surface area (Å²) >= 11 is 0. The molecular weight excluding hydrogens is 154 g/mol. The van der Waals surface area contributed by atoms with Gasteiger partial charge in [-0.05, 0) is 19.1 Å². The van der Waals surface area contributed by atoms with E-state index in [1.807, 2.05) is 13.0 Å². The summed E-state index contributed by atoms with van der Waals surface area (Å²) in [6.45, 7) is 1.92. The summed E-state index contributed by atoms with van der Waals surface area (Å²) in [4.78, 5) is 11.4. The molecule has 4 heteroatoms. The maximum absolute atomic E-state index is 11.4. The van der Waals surface area contributed by atoms with Crippen molar-refractivity contribution in [1.29, 1.82) is 0 Å². The van der Waals surface area contributed by atoms with Crippen LogP contribution in [0.1, 0.15) is 5.69 Å². The molecule has 2 aromatic heterocycles. The van der Waals surface area contributed by atoms with Crippen molar-refractivity contribution in [2.75, 3.05) is 0 Å². The molecule has 2 heterocycles. The third-order valence-electron chi connectivity index (χ3n) is 1.92. The summed E-state index contributed by atoms with van der Waals surface area (Å²) < 4.78 is 3.11. The standard InChI is InChI=1S/C8H9N3O/c1-6-3-4-7-8(12)10(2)5-9-11(6)7/h3-5H,1-2H3. The Hall–Kier alpha value is -1.58. The predicted molar refractivity (Wildman–Crippen MR) is 45.2 cm³/mol. The number of aryl methyl sites for hydroxylation is 2. The van der Waals surface area contributed by atoms with E-state index in [2.05, 4.69) is 5.10 Å². The van der Waals surface area contributed by atoms with Crippen LogP contribution < -0.4 is 5.56 Å². The molecule has 0 fully saturated rings. The quantitative estimate of drug-likeness (QED) is 0.562. The molecule has 0 amide bonds. The van der Waals surface area contributed by atoms with Gasteiger partial charge < -0.3 is 0 Å². The molecule has 4 nitrogen and oxygen atoms in total. The highest BCUT2D eigenvalue weighted by Gasteiger charge is 2.02. The van der Waals surface area contributed by atoms with Crippen LogP contribution in [0.2, 0.25) is 0 Å². The average molecular weight is 163 g/mol. The Bertz CT molecular complexity index is 480. The topological polar surface area (TPSA) is 39.3 Å². The van der Waals surface area contributed by atoms with Gasteiger partial charge in [-0.2, -0.15) is 5.10 Å². The van der Waals surface area contributed by atoms with Gasteiger partial charge in [0.15, 0.2) is 0 Å². The van der Waals surface area contributed by atoms with E-state index >= 15 is 0 Å². The third-order valence-corrected chi connectivity index (χ3v) is 1.92. The number of hydrogen-bond donors (Lipinski definition) is 0. The summed E-state index contributed by atoms with van der Waals surface area (Å²) in [7, 11) is 1.69. The Balaban J connectivity index is 3.03. The van der Waals surface area contributed by atoms with Crippen LogP contribution in [0, 0.1) is 6.92 Å². The van der Waals surface area contributed by atoms with E-state index < -0.39 is 0 Å². The molecule has 0 bridgehead atoms. The van der Waals surface area contributed by atoms with Crippen molar-refractivity contribution in [1.82, 2.24) is 14.2 Å². The van der Waals surface area contributed by atoms with Gasteiger partial charge in [-0.25, -0.2) is 4.52 Å². The predicted octanol–water partition coefficient (Wildman–Crippen LogP) is 0.341. The summed E-state index contributed by atoms with van der Waals surface area (Å²) in [6.07, 6.45) is 1.52. The number of nitrogens with zero attached hydrogens (tertiary/aromatic N) is 3. The minimum Gasteiger partial charge on any atom is -0.299 e. The SMILES string of the molecule is Cc1ccc2c(=O)n(C)cnn12. The van der Waals surface area contributed by atoms with E-state index in [0.29, 0.717) is 5.52 Å². The van der Waals surface area contributed by atoms with Gasteiger partial charge in [0.2, 0.25) is 0 Å². The first-order valence-electron chi connectivity index (χ1n) is 3.70. The summed E-state index contributed by atoms with van der Waals surface area (Å²) in [5.41, 5.74) is 1.58. The zero-order chi connectivity index (χ0) is 8.72. The van der Waals surface area contributed by atoms with Crippen LogP contribution in [0.4, 0.5) is 0 Å². The minimum atomic E-state index is -0.0156. The molecule has 2 rings (SSSR count). The fourth-order valence-corrected chi connectivity index (χ4v) is 1.21. The molecule has 0 spiro atoms. The van der Waals surface area contributed by atoms with Gasteiger partial charge in [0, 0.05) is 12.7 Å². The maximum Gasteiger partial charge on any atom is 0.277 e. The molecule has 2 aromatic rings. The van der Waals surface area contributed by atoms with Crippen LogP contribution >= 0.6 is 0 Å². The van der Waals surface area contributed by atoms with Gasteiger partial charge in [-0.3, -0.25) is 9.36 Å². The monoisotopic (exact) mass is 163 g/mol. The van der Waals surface area contributed by atoms with Crippen LogP contribution in [0.15, 0.2) is 23.3 Å². The van der Waals surface area contributed by atoms with Crippen LogP contribution in [0.3, 0.4) is 0 Å². The van der Waals surface area contributed by atoms with Crippen LogP contribution in [0.25, 0.3) is 5.52 Å². The zero-order valence-electron chi connectivity index (χ0n) is 6.98. The molecule has 0 saturated carbocycles. The first-order chi connectivity index (χ1) is 5.70. The lowest BCUT2D eigenvalue weighted by Gasteiger charge is -1.98. The Labute approximate surface area is 69.1 Å². The van der Waals surface area contributed by atoms with Gasteiger partial charge in [0.1, 0.15) is 11.8 Å². The fourth-order valence-electron chi connectivity index (χ4n) is 1.21. The average Bonchev–Trinajstić information content (AvgIpc) is 2.41. The maximum atomic E-state index is 11.4. The van der Waals surface area contributed by atoms with Crippen LogP contribution in [0.5, 0.6) is 0 Å². The third kappa shape index (κ3) is 0.777. The molecule has 0 aliphatic heterocycles. The van der Waals surface area contributed by atoms with Gasteiger partial charge in [0.25, 0.3) is 5.56 Å². The minimum absolute atomic E-state index is 0.0156. The van der Waals surface area contributed by atoms with Crippen molar-refractivity contribution < 1.29 is 0 Å². The van der Waals surface area contributed by atoms with E-state index in [1.54, 1.807) is 17.6 Å². The van der Waals surface area contributed by atoms with Crippen molar-refractivity contribution in [3.63, 3.8) is 0 Å². The highest BCUT2D eigenvalue weighted by molar-refractivity contribution is 5.45. The van der Waals surface area contributed by atoms with Gasteiger partial charge in [-0.1, -0.05) is 0 Å². The molecule has 0 aliphatic carbocycles. The van der Waals surface area contributed by atoms with Crippen molar-refractivity contribution in [3.8, 4) is 0 Å². The molecule has 0 atom stereocenters. The Morgan fingerprint density at radius 1 is 1.42 bits per heavy atom. The van der Waals surface area contributed by atoms with Crippen molar-refractivity contribution in [2.45, 2.75) is 6.92 Å². The zero-order valence-corrected chi connectivity index (χ0v) is 6.98. The van der Waals surface area contributed by atoms with Gasteiger partial charge in [0.05, 0.1) is 0 Å². The van der Waals surface area contributed by atoms with E-state index in [-0.39, 0.29) is 5.56 Å². The fraction of sp³-hybridized carbons (Fsp3) is 0.250. The number of rotatable bonds is 0. The van der Waals surface area contributed by atoms with Gasteiger partial charge >= 0.3 is 0 Å². The van der Waals surface area contributed by atoms with E-state index in [9.17, 15) is 4.79 Å². The number of hydrogen-bond acceptors (Lipinski definition) is 2. The van der Waals surface area contributed by atoms with Gasteiger partial charge in [-0.15, -0.1) is 0 Å². The van der Waals surface area contributed by atoms with E-state index in [4.69, 9.17) is 0 Å². The van der Waals surface area contributed by atoms with Crippen molar-refractivity contribution >= 4 is 5.52 Å². The highest BCUT2D eigenvalue weighted by Crippen LogP contribution is 2.00. The molecule has 0 aliphatic rings. The second-order valence-electron chi connectivity index (χ2n) is 2.82. The molecule has 0 aromatic carbocycles. The summed E-state index contributed by atoms with van der Waals surface area (Å²) in [5.74, 6) is 0. The molecule has 12 heavy (non-hydrogen) atoms. The molecule has 0 N–H and O–H groups in total. The van der Waals surface area contributed by atoms with Crippen LogP contribution in [-0.2, 0) is 7.05 Å². The Morgan fingerprint density at radius 2 is 2.17 bits per heavy atom. The lowest BCUT2D eigenvalue weighted by atomic mass is 10.5. The normalized spacial score (nSPS) is 10.8. The first-order valence-corrected chi connectivity index (χ1v) is 3.70. The largest absolute Gasteiger partial charge is 0.299 e. The highest BCUT2D eigenvalue weighted by atomic mass is 16.1. The van der Waals surface area contributed by atoms with E-state index in [0.717, 1.165) is 5.69 Å². The second kappa shape index (κ2) is 2.20. The molecule has 0 radical (unpaired) electrons. The van der Waals surface area contributed by atoms with E-state index in [1.165, 1.54) is 10.9 Å². The summed E-state index contributed by atoms with van der Waals surface area (Å²) in [6, 6.07) is 3.66. The number of fused-ring (bicyclic) bond motifs is 1. The molecule has 0 unspecified atom stereocenters. The smallest absolute Gasteiger partial charge is 0.277 e. The lowest BCUT2D eigenvalue weighted by Crippen LogP contribution is -2.19. The number of aromatic nitrogens is 3. The van der Waals surface area contributed by atoms with Crippen molar-refractivity contribution in [2.24, 2.45) is 7.05 Å². The molecule has 62 valence electrons.